The van der Waals surface area contributed by atoms with Crippen LogP contribution in [0.2, 0.25) is 0 Å². The summed E-state index contributed by atoms with van der Waals surface area (Å²) in [5, 5.41) is 7.90. The van der Waals surface area contributed by atoms with Gasteiger partial charge in [0, 0.05) is 50.6 Å². The van der Waals surface area contributed by atoms with E-state index in [9.17, 15) is 13.2 Å². The number of hydrogen-bond acceptors (Lipinski definition) is 4. The van der Waals surface area contributed by atoms with E-state index in [1.807, 2.05) is 0 Å². The first-order chi connectivity index (χ1) is 11.8. The molecule has 0 amide bonds. The minimum atomic E-state index is -4.37. The molecule has 5 nitrogen and oxygen atoms in total. The zero-order valence-corrected chi connectivity index (χ0v) is 15.7. The van der Waals surface area contributed by atoms with Gasteiger partial charge in [0.1, 0.15) is 0 Å². The molecule has 2 N–H and O–H groups in total. The highest BCUT2D eigenvalue weighted by molar-refractivity contribution is 7.09. The Kier molecular flexibility index (Phi) is 7.06. The summed E-state index contributed by atoms with van der Waals surface area (Å²) in [5.41, 5.74) is -0.816. The quantitative estimate of drug-likeness (QED) is 0.540. The summed E-state index contributed by atoms with van der Waals surface area (Å²) in [7, 11) is 1.68. The van der Waals surface area contributed by atoms with Crippen LogP contribution in [0.1, 0.15) is 37.4 Å². The molecule has 25 heavy (non-hydrogen) atoms. The van der Waals surface area contributed by atoms with Crippen LogP contribution in [0.25, 0.3) is 0 Å². The molecule has 1 aliphatic carbocycles. The molecule has 1 aromatic heterocycles. The highest BCUT2D eigenvalue weighted by atomic mass is 32.1. The third-order valence-electron chi connectivity index (χ3n) is 4.04. The Hall–Kier alpha value is -1.35. The van der Waals surface area contributed by atoms with Gasteiger partial charge in [0.25, 0.3) is 0 Å². The molecule has 0 spiro atoms. The lowest BCUT2D eigenvalue weighted by Gasteiger charge is -2.26. The second-order valence-corrected chi connectivity index (χ2v) is 7.31. The molecular formula is C16H26F3N5S. The molecule has 0 saturated heterocycles. The summed E-state index contributed by atoms with van der Waals surface area (Å²) in [4.78, 5) is 10.2. The SMILES string of the molecule is CN=C(NCCc1nc(C(F)(F)F)cs1)NCCN(C(C)C)C1CC1. The first-order valence-electron chi connectivity index (χ1n) is 8.53. The lowest BCUT2D eigenvalue weighted by atomic mass is 10.3. The van der Waals surface area contributed by atoms with Crippen LogP contribution in [-0.4, -0.2) is 54.6 Å². The van der Waals surface area contributed by atoms with Gasteiger partial charge >= 0.3 is 6.18 Å². The van der Waals surface area contributed by atoms with E-state index in [2.05, 4.69) is 39.4 Å². The van der Waals surface area contributed by atoms with Crippen LogP contribution in [0, 0.1) is 0 Å². The molecule has 0 aromatic carbocycles. The maximum atomic E-state index is 12.5. The van der Waals surface area contributed by atoms with E-state index in [1.165, 1.54) is 12.8 Å². The van der Waals surface area contributed by atoms with E-state index in [-0.39, 0.29) is 0 Å². The van der Waals surface area contributed by atoms with Crippen molar-refractivity contribution in [3.8, 4) is 0 Å². The topological polar surface area (TPSA) is 52.6 Å². The number of alkyl halides is 3. The summed E-state index contributed by atoms with van der Waals surface area (Å²) in [6, 6.07) is 1.24. The Balaban J connectivity index is 1.69. The molecule has 1 heterocycles. The van der Waals surface area contributed by atoms with E-state index < -0.39 is 11.9 Å². The number of aromatic nitrogens is 1. The van der Waals surface area contributed by atoms with Crippen molar-refractivity contribution in [3.63, 3.8) is 0 Å². The lowest BCUT2D eigenvalue weighted by Crippen LogP contribution is -2.44. The number of nitrogens with one attached hydrogen (secondary N) is 2. The van der Waals surface area contributed by atoms with Crippen LogP contribution >= 0.6 is 11.3 Å². The Bertz CT molecular complexity index is 564. The minimum Gasteiger partial charge on any atom is -0.356 e. The largest absolute Gasteiger partial charge is 0.434 e. The first kappa shape index (κ1) is 20.0. The average molecular weight is 377 g/mol. The second kappa shape index (κ2) is 8.84. The Labute approximate surface area is 150 Å². The summed E-state index contributed by atoms with van der Waals surface area (Å²) < 4.78 is 37.6. The molecule has 142 valence electrons. The third kappa shape index (κ3) is 6.47. The van der Waals surface area contributed by atoms with Crippen LogP contribution in [0.4, 0.5) is 13.2 Å². The maximum absolute atomic E-state index is 12.5. The normalized spacial score (nSPS) is 15.9. The van der Waals surface area contributed by atoms with Gasteiger partial charge in [-0.1, -0.05) is 0 Å². The van der Waals surface area contributed by atoms with E-state index in [0.29, 0.717) is 36.0 Å². The molecule has 2 rings (SSSR count). The van der Waals surface area contributed by atoms with Crippen molar-refractivity contribution in [1.29, 1.82) is 0 Å². The first-order valence-corrected chi connectivity index (χ1v) is 9.41. The molecule has 0 radical (unpaired) electrons. The van der Waals surface area contributed by atoms with Crippen molar-refractivity contribution in [2.75, 3.05) is 26.7 Å². The molecule has 1 aromatic rings. The molecule has 1 aliphatic rings. The van der Waals surface area contributed by atoms with Gasteiger partial charge in [0.2, 0.25) is 0 Å². The van der Waals surface area contributed by atoms with Crippen LogP contribution < -0.4 is 10.6 Å². The summed E-state index contributed by atoms with van der Waals surface area (Å²) >= 11 is 1.03. The standard InChI is InChI=1S/C16H26F3N5S/c1-11(2)24(12-4-5-12)9-8-22-15(20-3)21-7-6-14-23-13(10-25-14)16(17,18)19/h10-12H,4-9H2,1-3H3,(H2,20,21,22). The van der Waals surface area contributed by atoms with Crippen molar-refractivity contribution in [2.24, 2.45) is 4.99 Å². The van der Waals surface area contributed by atoms with Crippen molar-refractivity contribution in [1.82, 2.24) is 20.5 Å². The zero-order chi connectivity index (χ0) is 18.4. The Morgan fingerprint density at radius 2 is 2.04 bits per heavy atom. The van der Waals surface area contributed by atoms with Gasteiger partial charge in [-0.05, 0) is 26.7 Å². The predicted octanol–water partition coefficient (Wildman–Crippen LogP) is 2.74. The summed E-state index contributed by atoms with van der Waals surface area (Å²) in [5.74, 6) is 0.659. The fourth-order valence-electron chi connectivity index (χ4n) is 2.64. The van der Waals surface area contributed by atoms with Gasteiger partial charge in [0.05, 0.1) is 5.01 Å². The van der Waals surface area contributed by atoms with Crippen molar-refractivity contribution in [3.05, 3.63) is 16.1 Å². The number of aliphatic imine (C=N–C) groups is 1. The van der Waals surface area contributed by atoms with Crippen LogP contribution in [-0.2, 0) is 12.6 Å². The van der Waals surface area contributed by atoms with Gasteiger partial charge in [0.15, 0.2) is 11.7 Å². The molecule has 0 atom stereocenters. The monoisotopic (exact) mass is 377 g/mol. The van der Waals surface area contributed by atoms with Crippen molar-refractivity contribution >= 4 is 17.3 Å². The molecule has 1 saturated carbocycles. The third-order valence-corrected chi connectivity index (χ3v) is 4.95. The Morgan fingerprint density at radius 3 is 2.56 bits per heavy atom. The van der Waals surface area contributed by atoms with E-state index in [4.69, 9.17) is 0 Å². The van der Waals surface area contributed by atoms with Crippen LogP contribution in [0.5, 0.6) is 0 Å². The van der Waals surface area contributed by atoms with E-state index in [0.717, 1.165) is 29.8 Å². The van der Waals surface area contributed by atoms with Crippen LogP contribution in [0.15, 0.2) is 10.4 Å². The number of halogens is 3. The number of hydrogen-bond donors (Lipinski definition) is 2. The molecule has 0 aliphatic heterocycles. The fraction of sp³-hybridized carbons (Fsp3) is 0.750. The van der Waals surface area contributed by atoms with E-state index >= 15 is 0 Å². The predicted molar refractivity (Wildman–Crippen MR) is 95.0 cm³/mol. The Morgan fingerprint density at radius 1 is 1.36 bits per heavy atom. The molecule has 1 fully saturated rings. The molecule has 9 heteroatoms. The van der Waals surface area contributed by atoms with Gasteiger partial charge < -0.3 is 10.6 Å². The highest BCUT2D eigenvalue weighted by Gasteiger charge is 2.33. The zero-order valence-electron chi connectivity index (χ0n) is 14.9. The minimum absolute atomic E-state index is 0.432. The van der Waals surface area contributed by atoms with Crippen molar-refractivity contribution < 1.29 is 13.2 Å². The number of guanidine groups is 1. The molecule has 0 unspecified atom stereocenters. The number of nitrogens with zero attached hydrogens (tertiary/aromatic N) is 3. The number of thiazole rings is 1. The molecule has 0 bridgehead atoms. The van der Waals surface area contributed by atoms with E-state index in [1.54, 1.807) is 7.05 Å². The van der Waals surface area contributed by atoms with Crippen molar-refractivity contribution in [2.45, 2.75) is 51.4 Å². The fourth-order valence-corrected chi connectivity index (χ4v) is 3.44. The molecular weight excluding hydrogens is 351 g/mol. The smallest absolute Gasteiger partial charge is 0.356 e. The lowest BCUT2D eigenvalue weighted by molar-refractivity contribution is -0.140. The highest BCUT2D eigenvalue weighted by Crippen LogP contribution is 2.30. The van der Waals surface area contributed by atoms with Gasteiger partial charge in [-0.2, -0.15) is 13.2 Å². The van der Waals surface area contributed by atoms with Gasteiger partial charge in [-0.15, -0.1) is 11.3 Å². The summed E-state index contributed by atoms with van der Waals surface area (Å²) in [6.45, 7) is 6.62. The average Bonchev–Trinajstić information content (AvgIpc) is 3.24. The number of rotatable bonds is 8. The second-order valence-electron chi connectivity index (χ2n) is 6.36. The summed E-state index contributed by atoms with van der Waals surface area (Å²) in [6.07, 6.45) is -1.39. The van der Waals surface area contributed by atoms with Crippen LogP contribution in [0.3, 0.4) is 0 Å². The maximum Gasteiger partial charge on any atom is 0.434 e. The van der Waals surface area contributed by atoms with Gasteiger partial charge in [-0.3, -0.25) is 9.89 Å². The van der Waals surface area contributed by atoms with Gasteiger partial charge in [-0.25, -0.2) is 4.98 Å².